The number of benzene rings is 3. The summed E-state index contributed by atoms with van der Waals surface area (Å²) in [7, 11) is 3.21. The maximum Gasteiger partial charge on any atom is 0.238 e. The van der Waals surface area contributed by atoms with Gasteiger partial charge < -0.3 is 19.5 Å². The molecule has 192 valence electrons. The summed E-state index contributed by atoms with van der Waals surface area (Å²) in [4.78, 5) is 32.8. The zero-order valence-corrected chi connectivity index (χ0v) is 21.8. The SMILES string of the molecule is CCOc1ccc(NC(=O)[C@@H]2CC(=O)N(Cc3ccc(OC)cc3)C(=Nc3ccc(OC)cc3)S2)cc1. The van der Waals surface area contributed by atoms with Crippen LogP contribution in [0.15, 0.2) is 77.8 Å². The molecule has 3 aromatic carbocycles. The van der Waals surface area contributed by atoms with Crippen LogP contribution < -0.4 is 19.5 Å². The number of anilines is 1. The van der Waals surface area contributed by atoms with Crippen LogP contribution in [0.25, 0.3) is 0 Å². The Morgan fingerprint density at radius 2 is 1.54 bits per heavy atom. The highest BCUT2D eigenvalue weighted by Gasteiger charge is 2.36. The van der Waals surface area contributed by atoms with E-state index in [1.165, 1.54) is 11.8 Å². The number of carbonyl (C=O) groups is 2. The molecule has 1 aliphatic rings. The summed E-state index contributed by atoms with van der Waals surface area (Å²) in [5.41, 5.74) is 2.22. The third kappa shape index (κ3) is 6.83. The first-order chi connectivity index (χ1) is 18.0. The van der Waals surface area contributed by atoms with Crippen molar-refractivity contribution in [2.75, 3.05) is 26.1 Å². The first kappa shape index (κ1) is 26.1. The maximum absolute atomic E-state index is 13.3. The zero-order chi connectivity index (χ0) is 26.2. The number of hydrogen-bond donors (Lipinski definition) is 1. The number of aliphatic imine (C=N–C) groups is 1. The van der Waals surface area contributed by atoms with Gasteiger partial charge in [0.15, 0.2) is 5.17 Å². The van der Waals surface area contributed by atoms with E-state index < -0.39 is 5.25 Å². The van der Waals surface area contributed by atoms with Crippen LogP contribution in [0.3, 0.4) is 0 Å². The lowest BCUT2D eigenvalue weighted by molar-refractivity contribution is -0.129. The first-order valence-electron chi connectivity index (χ1n) is 11.9. The lowest BCUT2D eigenvalue weighted by atomic mass is 10.2. The smallest absolute Gasteiger partial charge is 0.238 e. The van der Waals surface area contributed by atoms with Crippen molar-refractivity contribution in [2.24, 2.45) is 4.99 Å². The van der Waals surface area contributed by atoms with Gasteiger partial charge in [-0.15, -0.1) is 0 Å². The van der Waals surface area contributed by atoms with E-state index in [-0.39, 0.29) is 18.2 Å². The molecular weight excluding hydrogens is 490 g/mol. The number of amides is 2. The third-order valence-electron chi connectivity index (χ3n) is 5.66. The molecule has 8 nitrogen and oxygen atoms in total. The van der Waals surface area contributed by atoms with Gasteiger partial charge in [-0.25, -0.2) is 4.99 Å². The Morgan fingerprint density at radius 1 is 0.946 bits per heavy atom. The van der Waals surface area contributed by atoms with Gasteiger partial charge in [-0.3, -0.25) is 14.5 Å². The molecule has 2 amide bonds. The van der Waals surface area contributed by atoms with Crippen molar-refractivity contribution in [1.82, 2.24) is 4.90 Å². The Morgan fingerprint density at radius 3 is 2.14 bits per heavy atom. The molecule has 0 aliphatic carbocycles. The second-order valence-electron chi connectivity index (χ2n) is 8.18. The molecular formula is C28H29N3O5S. The summed E-state index contributed by atoms with van der Waals surface area (Å²) < 4.78 is 15.9. The molecule has 3 aromatic rings. The van der Waals surface area contributed by atoms with E-state index in [0.717, 1.165) is 17.1 Å². The van der Waals surface area contributed by atoms with Crippen LogP contribution in [0, 0.1) is 0 Å². The van der Waals surface area contributed by atoms with Crippen molar-refractivity contribution in [3.8, 4) is 17.2 Å². The zero-order valence-electron chi connectivity index (χ0n) is 21.0. The number of hydrogen-bond acceptors (Lipinski definition) is 7. The van der Waals surface area contributed by atoms with Crippen molar-refractivity contribution in [3.05, 3.63) is 78.4 Å². The fourth-order valence-corrected chi connectivity index (χ4v) is 4.80. The van der Waals surface area contributed by atoms with Crippen LogP contribution in [0.2, 0.25) is 0 Å². The van der Waals surface area contributed by atoms with Gasteiger partial charge in [0.25, 0.3) is 0 Å². The number of nitrogens with one attached hydrogen (secondary N) is 1. The highest BCUT2D eigenvalue weighted by molar-refractivity contribution is 8.15. The van der Waals surface area contributed by atoms with Gasteiger partial charge in [-0.2, -0.15) is 0 Å². The Hall–Kier alpha value is -3.98. The molecule has 0 spiro atoms. The summed E-state index contributed by atoms with van der Waals surface area (Å²) in [5, 5.41) is 2.75. The molecule has 0 unspecified atom stereocenters. The number of ether oxygens (including phenoxy) is 3. The van der Waals surface area contributed by atoms with Crippen molar-refractivity contribution in [2.45, 2.75) is 25.1 Å². The van der Waals surface area contributed by atoms with Crippen molar-refractivity contribution in [1.29, 1.82) is 0 Å². The molecule has 1 saturated heterocycles. The minimum Gasteiger partial charge on any atom is -0.497 e. The summed E-state index contributed by atoms with van der Waals surface area (Å²) in [6, 6.07) is 21.9. The number of rotatable bonds is 9. The third-order valence-corrected chi connectivity index (χ3v) is 6.85. The van der Waals surface area contributed by atoms with Crippen LogP contribution in [-0.4, -0.2) is 48.0 Å². The normalized spacial score (nSPS) is 16.4. The molecule has 1 atom stereocenters. The molecule has 37 heavy (non-hydrogen) atoms. The predicted octanol–water partition coefficient (Wildman–Crippen LogP) is 5.26. The van der Waals surface area contributed by atoms with E-state index >= 15 is 0 Å². The number of amidine groups is 1. The second-order valence-corrected chi connectivity index (χ2v) is 9.35. The molecule has 1 N–H and O–H groups in total. The fourth-order valence-electron chi connectivity index (χ4n) is 3.70. The van der Waals surface area contributed by atoms with Gasteiger partial charge in [0.1, 0.15) is 22.5 Å². The van der Waals surface area contributed by atoms with E-state index in [4.69, 9.17) is 19.2 Å². The summed E-state index contributed by atoms with van der Waals surface area (Å²) in [5.74, 6) is 1.74. The standard InChI is InChI=1S/C28H29N3O5S/c1-4-36-24-15-9-20(10-16-24)29-27(33)25-17-26(32)31(18-19-5-11-22(34-2)12-6-19)28(37-25)30-21-7-13-23(35-3)14-8-21/h5-16,25H,4,17-18H2,1-3H3,(H,29,33)/t25-/m0/s1. The van der Waals surface area contributed by atoms with Gasteiger partial charge in [0, 0.05) is 12.1 Å². The minimum atomic E-state index is -0.622. The van der Waals surface area contributed by atoms with Crippen molar-refractivity contribution < 1.29 is 23.8 Å². The summed E-state index contributed by atoms with van der Waals surface area (Å²) >= 11 is 1.28. The van der Waals surface area contributed by atoms with E-state index in [1.807, 2.05) is 43.3 Å². The summed E-state index contributed by atoms with van der Waals surface area (Å²) in [6.07, 6.45) is 0.0608. The number of nitrogens with zero attached hydrogens (tertiary/aromatic N) is 2. The van der Waals surface area contributed by atoms with Crippen molar-refractivity contribution >= 4 is 40.1 Å². The molecule has 0 radical (unpaired) electrons. The molecule has 1 fully saturated rings. The monoisotopic (exact) mass is 519 g/mol. The number of carbonyl (C=O) groups excluding carboxylic acids is 2. The highest BCUT2D eigenvalue weighted by Crippen LogP contribution is 2.32. The van der Waals surface area contributed by atoms with Gasteiger partial charge in [0.2, 0.25) is 11.8 Å². The van der Waals surface area contributed by atoms with E-state index in [1.54, 1.807) is 55.5 Å². The van der Waals surface area contributed by atoms with E-state index in [2.05, 4.69) is 5.32 Å². The Kier molecular flexibility index (Phi) is 8.68. The number of thioether (sulfide) groups is 1. The van der Waals surface area contributed by atoms with E-state index in [0.29, 0.717) is 35.4 Å². The van der Waals surface area contributed by atoms with Crippen LogP contribution in [0.1, 0.15) is 18.9 Å². The van der Waals surface area contributed by atoms with Gasteiger partial charge >= 0.3 is 0 Å². The Labute approximate surface area is 220 Å². The highest BCUT2D eigenvalue weighted by atomic mass is 32.2. The average Bonchev–Trinajstić information content (AvgIpc) is 2.92. The van der Waals surface area contributed by atoms with Crippen LogP contribution in [0.4, 0.5) is 11.4 Å². The molecule has 0 saturated carbocycles. The topological polar surface area (TPSA) is 89.5 Å². The predicted molar refractivity (Wildman–Crippen MR) is 146 cm³/mol. The number of methoxy groups -OCH3 is 2. The lowest BCUT2D eigenvalue weighted by Gasteiger charge is -2.32. The molecule has 0 aromatic heterocycles. The Balaban J connectivity index is 1.55. The van der Waals surface area contributed by atoms with Gasteiger partial charge in [0.05, 0.1) is 33.1 Å². The van der Waals surface area contributed by atoms with Gasteiger partial charge in [-0.05, 0) is 73.2 Å². The maximum atomic E-state index is 13.3. The largest absolute Gasteiger partial charge is 0.497 e. The van der Waals surface area contributed by atoms with Gasteiger partial charge in [-0.1, -0.05) is 23.9 Å². The van der Waals surface area contributed by atoms with Crippen LogP contribution in [-0.2, 0) is 16.1 Å². The molecule has 4 rings (SSSR count). The Bertz CT molecular complexity index is 1240. The minimum absolute atomic E-state index is 0.0608. The molecule has 1 aliphatic heterocycles. The van der Waals surface area contributed by atoms with Crippen LogP contribution >= 0.6 is 11.8 Å². The van der Waals surface area contributed by atoms with Crippen molar-refractivity contribution in [3.63, 3.8) is 0 Å². The summed E-state index contributed by atoms with van der Waals surface area (Å²) in [6.45, 7) is 2.81. The van der Waals surface area contributed by atoms with Crippen LogP contribution in [0.5, 0.6) is 17.2 Å². The fraction of sp³-hybridized carbons (Fsp3) is 0.250. The quantitative estimate of drug-likeness (QED) is 0.415. The second kappa shape index (κ2) is 12.3. The molecule has 1 heterocycles. The van der Waals surface area contributed by atoms with E-state index in [9.17, 15) is 9.59 Å². The lowest BCUT2D eigenvalue weighted by Crippen LogP contribution is -2.44. The molecule has 9 heteroatoms. The average molecular weight is 520 g/mol. The molecule has 0 bridgehead atoms. The first-order valence-corrected chi connectivity index (χ1v) is 12.7.